The van der Waals surface area contributed by atoms with E-state index in [1.165, 1.54) is 7.11 Å². The van der Waals surface area contributed by atoms with Crippen molar-refractivity contribution in [2.24, 2.45) is 0 Å². The summed E-state index contributed by atoms with van der Waals surface area (Å²) in [6.45, 7) is 3.95. The van der Waals surface area contributed by atoms with Crippen LogP contribution in [0, 0.1) is 13.8 Å². The van der Waals surface area contributed by atoms with Gasteiger partial charge in [0.15, 0.2) is 6.04 Å². The topological polar surface area (TPSA) is 63.5 Å². The van der Waals surface area contributed by atoms with E-state index >= 15 is 0 Å². The van der Waals surface area contributed by atoms with E-state index < -0.39 is 12.0 Å². The third-order valence-electron chi connectivity index (χ3n) is 2.19. The van der Waals surface area contributed by atoms with Gasteiger partial charge in [-0.25, -0.2) is 4.79 Å². The highest BCUT2D eigenvalue weighted by Gasteiger charge is 2.17. The van der Waals surface area contributed by atoms with E-state index in [2.05, 4.69) is 5.43 Å². The van der Waals surface area contributed by atoms with E-state index in [-0.39, 0.29) is 6.61 Å². The van der Waals surface area contributed by atoms with Crippen molar-refractivity contribution in [2.45, 2.75) is 19.9 Å². The molecule has 1 atom stereocenters. The summed E-state index contributed by atoms with van der Waals surface area (Å²) in [6, 6.07) is 3.11. The maximum absolute atomic E-state index is 10.9. The Morgan fingerprint density at radius 3 is 2.47 bits per heavy atom. The number of aromatic nitrogens is 1. The zero-order valence-corrected chi connectivity index (χ0v) is 9.15. The van der Waals surface area contributed by atoms with Crippen molar-refractivity contribution in [2.75, 3.05) is 19.1 Å². The van der Waals surface area contributed by atoms with Crippen molar-refractivity contribution in [3.8, 4) is 0 Å². The lowest BCUT2D eigenvalue weighted by atomic mass is 10.3. The van der Waals surface area contributed by atoms with Gasteiger partial charge >= 0.3 is 5.97 Å². The second kappa shape index (κ2) is 4.84. The van der Waals surface area contributed by atoms with Gasteiger partial charge in [0.05, 0.1) is 6.61 Å². The molecule has 15 heavy (non-hydrogen) atoms. The van der Waals surface area contributed by atoms with Gasteiger partial charge in [-0.15, -0.1) is 0 Å². The van der Waals surface area contributed by atoms with E-state index in [1.807, 2.05) is 26.0 Å². The first kappa shape index (κ1) is 11.6. The van der Waals surface area contributed by atoms with Crippen molar-refractivity contribution < 1.29 is 14.6 Å². The number of nitrogens with zero attached hydrogens (tertiary/aromatic N) is 1. The van der Waals surface area contributed by atoms with Crippen LogP contribution in [-0.2, 0) is 9.53 Å². The minimum absolute atomic E-state index is 0.131. The van der Waals surface area contributed by atoms with Crippen molar-refractivity contribution in [1.29, 1.82) is 0 Å². The highest BCUT2D eigenvalue weighted by molar-refractivity contribution is 5.75. The summed E-state index contributed by atoms with van der Waals surface area (Å²) in [5.41, 5.74) is 4.82. The standard InChI is InChI=1S/C10H16N2O3/c1-7-4-5-8(2)12(7)11-9(6-15-3)10(13)14/h4-5,9,11H,6H2,1-3H3,(H,13,14). The Morgan fingerprint density at radius 1 is 1.53 bits per heavy atom. The molecule has 0 aliphatic carbocycles. The molecule has 1 rings (SSSR count). The molecule has 0 fully saturated rings. The number of methoxy groups -OCH3 is 1. The highest BCUT2D eigenvalue weighted by Crippen LogP contribution is 2.05. The summed E-state index contributed by atoms with van der Waals surface area (Å²) in [7, 11) is 1.48. The molecule has 0 radical (unpaired) electrons. The summed E-state index contributed by atoms with van der Waals surface area (Å²) < 4.78 is 6.58. The van der Waals surface area contributed by atoms with Crippen LogP contribution in [0.2, 0.25) is 0 Å². The van der Waals surface area contributed by atoms with Crippen molar-refractivity contribution in [3.63, 3.8) is 0 Å². The normalized spacial score (nSPS) is 12.5. The van der Waals surface area contributed by atoms with Gasteiger partial charge in [-0.3, -0.25) is 4.68 Å². The number of nitrogens with one attached hydrogen (secondary N) is 1. The number of aliphatic carboxylic acids is 1. The van der Waals surface area contributed by atoms with E-state index in [0.29, 0.717) is 0 Å². The minimum atomic E-state index is -0.927. The molecule has 0 amide bonds. The molecule has 0 aliphatic heterocycles. The summed E-state index contributed by atoms with van der Waals surface area (Å²) >= 11 is 0. The molecule has 0 saturated carbocycles. The molecule has 1 aromatic heterocycles. The molecule has 0 spiro atoms. The van der Waals surface area contributed by atoms with E-state index in [0.717, 1.165) is 11.4 Å². The lowest BCUT2D eigenvalue weighted by Crippen LogP contribution is -2.39. The molecule has 5 heteroatoms. The van der Waals surface area contributed by atoms with E-state index in [1.54, 1.807) is 4.68 Å². The fourth-order valence-electron chi connectivity index (χ4n) is 1.36. The average molecular weight is 212 g/mol. The Balaban J connectivity index is 2.78. The fraction of sp³-hybridized carbons (Fsp3) is 0.500. The van der Waals surface area contributed by atoms with Crippen LogP contribution < -0.4 is 5.43 Å². The van der Waals surface area contributed by atoms with Gasteiger partial charge in [-0.05, 0) is 26.0 Å². The monoisotopic (exact) mass is 212 g/mol. The molecule has 5 nitrogen and oxygen atoms in total. The van der Waals surface area contributed by atoms with Gasteiger partial charge in [0, 0.05) is 18.5 Å². The van der Waals surface area contributed by atoms with Gasteiger partial charge in [-0.2, -0.15) is 0 Å². The van der Waals surface area contributed by atoms with Crippen molar-refractivity contribution in [3.05, 3.63) is 23.5 Å². The van der Waals surface area contributed by atoms with Gasteiger partial charge in [0.1, 0.15) is 0 Å². The maximum atomic E-state index is 10.9. The number of carboxylic acids is 1. The number of hydrogen-bond acceptors (Lipinski definition) is 3. The average Bonchev–Trinajstić information content (AvgIpc) is 2.48. The van der Waals surface area contributed by atoms with Crippen LogP contribution >= 0.6 is 0 Å². The van der Waals surface area contributed by atoms with Crippen molar-refractivity contribution >= 4 is 5.97 Å². The minimum Gasteiger partial charge on any atom is -0.480 e. The Morgan fingerprint density at radius 2 is 2.07 bits per heavy atom. The Hall–Kier alpha value is -1.49. The molecule has 0 aromatic carbocycles. The molecule has 1 unspecified atom stereocenters. The van der Waals surface area contributed by atoms with Crippen LogP contribution in [0.1, 0.15) is 11.4 Å². The second-order valence-electron chi connectivity index (χ2n) is 3.43. The summed E-state index contributed by atoms with van der Waals surface area (Å²) in [5.74, 6) is -0.927. The van der Waals surface area contributed by atoms with Crippen LogP contribution in [0.25, 0.3) is 0 Å². The van der Waals surface area contributed by atoms with Gasteiger partial charge in [0.2, 0.25) is 0 Å². The molecule has 84 valence electrons. The molecular formula is C10H16N2O3. The van der Waals surface area contributed by atoms with Gasteiger partial charge in [0.25, 0.3) is 0 Å². The lowest BCUT2D eigenvalue weighted by molar-refractivity contribution is -0.139. The second-order valence-corrected chi connectivity index (χ2v) is 3.43. The first-order valence-corrected chi connectivity index (χ1v) is 4.69. The number of carbonyl (C=O) groups is 1. The summed E-state index contributed by atoms with van der Waals surface area (Å²) in [6.07, 6.45) is 0. The molecular weight excluding hydrogens is 196 g/mol. The number of aryl methyl sites for hydroxylation is 2. The third-order valence-corrected chi connectivity index (χ3v) is 2.19. The van der Waals surface area contributed by atoms with Crippen LogP contribution in [-0.4, -0.2) is 35.5 Å². The number of hydrogen-bond donors (Lipinski definition) is 2. The summed E-state index contributed by atoms with van der Waals surface area (Å²) in [5, 5.41) is 8.93. The molecule has 1 heterocycles. The van der Waals surface area contributed by atoms with Crippen LogP contribution in [0.15, 0.2) is 12.1 Å². The molecule has 0 bridgehead atoms. The highest BCUT2D eigenvalue weighted by atomic mass is 16.5. The SMILES string of the molecule is COCC(Nn1c(C)ccc1C)C(=O)O. The lowest BCUT2D eigenvalue weighted by Gasteiger charge is -2.18. The number of ether oxygens (including phenoxy) is 1. The Labute approximate surface area is 88.6 Å². The van der Waals surface area contributed by atoms with Gasteiger partial charge in [-0.1, -0.05) is 0 Å². The number of rotatable bonds is 5. The smallest absolute Gasteiger partial charge is 0.330 e. The molecule has 0 aliphatic rings. The quantitative estimate of drug-likeness (QED) is 0.756. The largest absolute Gasteiger partial charge is 0.480 e. The molecule has 0 saturated heterocycles. The number of carboxylic acid groups (broad SMARTS) is 1. The zero-order valence-electron chi connectivity index (χ0n) is 9.15. The van der Waals surface area contributed by atoms with Crippen LogP contribution in [0.4, 0.5) is 0 Å². The van der Waals surface area contributed by atoms with Crippen molar-refractivity contribution in [1.82, 2.24) is 4.68 Å². The Bertz CT molecular complexity index is 327. The molecule has 2 N–H and O–H groups in total. The fourth-order valence-corrected chi connectivity index (χ4v) is 1.36. The third kappa shape index (κ3) is 2.73. The zero-order chi connectivity index (χ0) is 11.4. The summed E-state index contributed by atoms with van der Waals surface area (Å²) in [4.78, 5) is 10.9. The predicted octanol–water partition coefficient (Wildman–Crippen LogP) is 0.748. The predicted molar refractivity (Wildman–Crippen MR) is 56.6 cm³/mol. The van der Waals surface area contributed by atoms with Crippen LogP contribution in [0.5, 0.6) is 0 Å². The first-order valence-electron chi connectivity index (χ1n) is 4.69. The maximum Gasteiger partial charge on any atom is 0.330 e. The molecule has 1 aromatic rings. The van der Waals surface area contributed by atoms with E-state index in [9.17, 15) is 4.79 Å². The first-order chi connectivity index (χ1) is 7.06. The van der Waals surface area contributed by atoms with E-state index in [4.69, 9.17) is 9.84 Å². The van der Waals surface area contributed by atoms with Crippen LogP contribution in [0.3, 0.4) is 0 Å². The van der Waals surface area contributed by atoms with Gasteiger partial charge < -0.3 is 15.3 Å². The Kier molecular flexibility index (Phi) is 3.74.